The van der Waals surface area contributed by atoms with Crippen molar-refractivity contribution < 1.29 is 9.59 Å². The van der Waals surface area contributed by atoms with Crippen LogP contribution in [0.1, 0.15) is 36.5 Å². The minimum absolute atomic E-state index is 0.119. The zero-order chi connectivity index (χ0) is 16.8. The molecule has 1 saturated heterocycles. The molecule has 3 amide bonds. The molecule has 2 aromatic carbocycles. The van der Waals surface area contributed by atoms with Gasteiger partial charge in [-0.15, -0.1) is 0 Å². The molecule has 0 bridgehead atoms. The minimum Gasteiger partial charge on any atom is -0.307 e. The fraction of sp³-hybridized carbons (Fsp3) is 0.300. The summed E-state index contributed by atoms with van der Waals surface area (Å²) in [7, 11) is 0. The van der Waals surface area contributed by atoms with Crippen LogP contribution in [0.5, 0.6) is 0 Å². The number of nitrogens with zero attached hydrogens (tertiary/aromatic N) is 2. The number of carbonyl (C=O) groups is 2. The minimum atomic E-state index is -0.378. The SMILES string of the molecule is CC(C)c1ccc(N2C(=O)[C@H]3Cc4ccccc4CN3C2=O)cc1. The molecule has 0 radical (unpaired) electrons. The quantitative estimate of drug-likeness (QED) is 0.792. The molecule has 2 aliphatic heterocycles. The third-order valence-corrected chi connectivity index (χ3v) is 5.01. The van der Waals surface area contributed by atoms with Crippen molar-refractivity contribution in [2.75, 3.05) is 4.90 Å². The third kappa shape index (κ3) is 2.21. The number of rotatable bonds is 2. The van der Waals surface area contributed by atoms with Gasteiger partial charge < -0.3 is 4.90 Å². The van der Waals surface area contributed by atoms with Crippen LogP contribution in [-0.2, 0) is 17.8 Å². The molecule has 1 atom stereocenters. The number of benzene rings is 2. The summed E-state index contributed by atoms with van der Waals surface area (Å²) in [5.74, 6) is 0.302. The summed E-state index contributed by atoms with van der Waals surface area (Å²) in [6.07, 6.45) is 0.599. The molecule has 4 rings (SSSR count). The van der Waals surface area contributed by atoms with Gasteiger partial charge in [-0.25, -0.2) is 9.69 Å². The van der Waals surface area contributed by atoms with E-state index in [1.807, 2.05) is 48.5 Å². The van der Waals surface area contributed by atoms with Gasteiger partial charge in [0.05, 0.1) is 5.69 Å². The van der Waals surface area contributed by atoms with E-state index in [1.54, 1.807) is 4.90 Å². The van der Waals surface area contributed by atoms with Gasteiger partial charge >= 0.3 is 6.03 Å². The van der Waals surface area contributed by atoms with Crippen LogP contribution in [-0.4, -0.2) is 22.9 Å². The van der Waals surface area contributed by atoms with E-state index in [4.69, 9.17) is 0 Å². The number of urea groups is 1. The summed E-state index contributed by atoms with van der Waals surface area (Å²) in [4.78, 5) is 28.7. The molecule has 2 heterocycles. The van der Waals surface area contributed by atoms with E-state index in [9.17, 15) is 9.59 Å². The van der Waals surface area contributed by atoms with Crippen molar-refractivity contribution in [2.45, 2.75) is 38.8 Å². The van der Waals surface area contributed by atoms with Crippen molar-refractivity contribution in [3.05, 3.63) is 65.2 Å². The molecule has 24 heavy (non-hydrogen) atoms. The van der Waals surface area contributed by atoms with Gasteiger partial charge in [-0.3, -0.25) is 4.79 Å². The van der Waals surface area contributed by atoms with Gasteiger partial charge in [0, 0.05) is 13.0 Å². The van der Waals surface area contributed by atoms with Crippen molar-refractivity contribution in [1.82, 2.24) is 4.90 Å². The van der Waals surface area contributed by atoms with Gasteiger partial charge in [-0.1, -0.05) is 50.2 Å². The van der Waals surface area contributed by atoms with Gasteiger partial charge in [0.1, 0.15) is 6.04 Å². The molecule has 0 unspecified atom stereocenters. The predicted octanol–water partition coefficient (Wildman–Crippen LogP) is 3.70. The maximum Gasteiger partial charge on any atom is 0.332 e. The van der Waals surface area contributed by atoms with Gasteiger partial charge in [0.15, 0.2) is 0 Å². The van der Waals surface area contributed by atoms with E-state index >= 15 is 0 Å². The number of anilines is 1. The standard InChI is InChI=1S/C20H20N2O2/c1-13(2)14-7-9-17(10-8-14)22-19(23)18-11-15-5-3-4-6-16(15)12-21(18)20(22)24/h3-10,13,18H,11-12H2,1-2H3/t18-/m1/s1. The van der Waals surface area contributed by atoms with Gasteiger partial charge in [-0.2, -0.15) is 0 Å². The second kappa shape index (κ2) is 5.48. The van der Waals surface area contributed by atoms with Crippen LogP contribution >= 0.6 is 0 Å². The molecule has 0 N–H and O–H groups in total. The maximum absolute atomic E-state index is 12.8. The summed E-state index contributed by atoms with van der Waals surface area (Å²) in [5, 5.41) is 0. The molecule has 0 spiro atoms. The Balaban J connectivity index is 1.66. The Labute approximate surface area is 141 Å². The monoisotopic (exact) mass is 320 g/mol. The highest BCUT2D eigenvalue weighted by atomic mass is 16.2. The molecule has 122 valence electrons. The van der Waals surface area contributed by atoms with Crippen molar-refractivity contribution in [3.63, 3.8) is 0 Å². The predicted molar refractivity (Wildman–Crippen MR) is 92.9 cm³/mol. The molecule has 4 heteroatoms. The number of carbonyl (C=O) groups excluding carboxylic acids is 2. The van der Waals surface area contributed by atoms with Gasteiger partial charge in [0.2, 0.25) is 0 Å². The van der Waals surface area contributed by atoms with E-state index < -0.39 is 0 Å². The Morgan fingerprint density at radius 2 is 1.62 bits per heavy atom. The smallest absolute Gasteiger partial charge is 0.307 e. The van der Waals surface area contributed by atoms with Crippen molar-refractivity contribution in [1.29, 1.82) is 0 Å². The first kappa shape index (κ1) is 14.9. The summed E-state index contributed by atoms with van der Waals surface area (Å²) < 4.78 is 0. The molecule has 0 saturated carbocycles. The topological polar surface area (TPSA) is 40.6 Å². The molecule has 2 aromatic rings. The maximum atomic E-state index is 12.8. The number of fused-ring (bicyclic) bond motifs is 2. The highest BCUT2D eigenvalue weighted by molar-refractivity contribution is 6.21. The van der Waals surface area contributed by atoms with E-state index in [2.05, 4.69) is 13.8 Å². The summed E-state index contributed by atoms with van der Waals surface area (Å²) in [6, 6.07) is 15.2. The Kier molecular flexibility index (Phi) is 3.41. The normalized spacial score (nSPS) is 19.7. The number of amides is 3. The number of imide groups is 1. The fourth-order valence-corrected chi connectivity index (χ4v) is 3.56. The van der Waals surface area contributed by atoms with Crippen LogP contribution in [0.15, 0.2) is 48.5 Å². The zero-order valence-corrected chi connectivity index (χ0v) is 13.9. The summed E-state index contributed by atoms with van der Waals surface area (Å²) >= 11 is 0. The van der Waals surface area contributed by atoms with E-state index in [0.717, 1.165) is 11.1 Å². The van der Waals surface area contributed by atoms with Crippen LogP contribution in [0.4, 0.5) is 10.5 Å². The number of hydrogen-bond acceptors (Lipinski definition) is 2. The fourth-order valence-electron chi connectivity index (χ4n) is 3.56. The first-order valence-corrected chi connectivity index (χ1v) is 8.37. The molecule has 4 nitrogen and oxygen atoms in total. The first-order chi connectivity index (χ1) is 11.6. The van der Waals surface area contributed by atoms with Crippen molar-refractivity contribution >= 4 is 17.6 Å². The largest absolute Gasteiger partial charge is 0.332 e. The van der Waals surface area contributed by atoms with Crippen LogP contribution in [0.2, 0.25) is 0 Å². The highest BCUT2D eigenvalue weighted by Gasteiger charge is 2.47. The first-order valence-electron chi connectivity index (χ1n) is 8.37. The van der Waals surface area contributed by atoms with Gasteiger partial charge in [0.25, 0.3) is 5.91 Å². The van der Waals surface area contributed by atoms with Crippen LogP contribution in [0, 0.1) is 0 Å². The Morgan fingerprint density at radius 3 is 2.29 bits per heavy atom. The lowest BCUT2D eigenvalue weighted by Crippen LogP contribution is -2.39. The van der Waals surface area contributed by atoms with Crippen LogP contribution in [0.25, 0.3) is 0 Å². The van der Waals surface area contributed by atoms with E-state index in [1.165, 1.54) is 10.5 Å². The molecule has 0 aromatic heterocycles. The Bertz CT molecular complexity index is 768. The average molecular weight is 320 g/mol. The highest BCUT2D eigenvalue weighted by Crippen LogP contribution is 2.33. The van der Waals surface area contributed by atoms with Crippen molar-refractivity contribution in [2.24, 2.45) is 0 Å². The Hall–Kier alpha value is -2.62. The lowest BCUT2D eigenvalue weighted by atomic mass is 9.95. The molecular weight excluding hydrogens is 300 g/mol. The Morgan fingerprint density at radius 1 is 0.958 bits per heavy atom. The van der Waals surface area contributed by atoms with Crippen molar-refractivity contribution in [3.8, 4) is 0 Å². The lowest BCUT2D eigenvalue weighted by molar-refractivity contribution is -0.119. The average Bonchev–Trinajstić information content (AvgIpc) is 2.84. The van der Waals surface area contributed by atoms with Crippen LogP contribution < -0.4 is 4.90 Å². The summed E-state index contributed by atoms with van der Waals surface area (Å²) in [6.45, 7) is 4.75. The lowest BCUT2D eigenvalue weighted by Gasteiger charge is -2.28. The summed E-state index contributed by atoms with van der Waals surface area (Å²) in [5.41, 5.74) is 4.15. The molecular formula is C20H20N2O2. The van der Waals surface area contributed by atoms with E-state index in [-0.39, 0.29) is 18.0 Å². The molecule has 1 fully saturated rings. The van der Waals surface area contributed by atoms with Crippen LogP contribution in [0.3, 0.4) is 0 Å². The molecule has 2 aliphatic rings. The zero-order valence-electron chi connectivity index (χ0n) is 13.9. The number of hydrogen-bond donors (Lipinski definition) is 0. The van der Waals surface area contributed by atoms with Gasteiger partial charge in [-0.05, 0) is 34.7 Å². The third-order valence-electron chi connectivity index (χ3n) is 5.01. The second-order valence-electron chi connectivity index (χ2n) is 6.82. The second-order valence-corrected chi connectivity index (χ2v) is 6.82. The van der Waals surface area contributed by atoms with E-state index in [0.29, 0.717) is 24.6 Å². The molecule has 0 aliphatic carbocycles.